The van der Waals surface area contributed by atoms with Gasteiger partial charge in [-0.2, -0.15) is 0 Å². The predicted molar refractivity (Wildman–Crippen MR) is 184 cm³/mol. The van der Waals surface area contributed by atoms with Gasteiger partial charge in [-0.05, 0) is 48.5 Å². The van der Waals surface area contributed by atoms with E-state index in [-0.39, 0.29) is 35.0 Å². The number of nitrogens with zero attached hydrogens (tertiary/aromatic N) is 6. The average molecular weight is 679 g/mol. The van der Waals surface area contributed by atoms with E-state index in [9.17, 15) is 19.8 Å². The van der Waals surface area contributed by atoms with Crippen LogP contribution in [0.15, 0.2) is 132 Å². The zero-order valence-corrected chi connectivity index (χ0v) is 27.0. The molecule has 0 spiro atoms. The van der Waals surface area contributed by atoms with Crippen LogP contribution in [0.3, 0.4) is 0 Å². The van der Waals surface area contributed by atoms with Crippen molar-refractivity contribution in [2.75, 3.05) is 22.1 Å². The van der Waals surface area contributed by atoms with Crippen LogP contribution < -0.4 is 10.6 Å². The van der Waals surface area contributed by atoms with Crippen molar-refractivity contribution < 1.29 is 19.8 Å². The molecule has 2 atom stereocenters. The number of para-hydroxylation sites is 4. The SMILES string of the molecule is O=C(CSc1nnc([C@@H](O)[C@@H](O)c2nnc(SCC(=O)Nc3ccccc3)n2-c2ccccc2)n1-c1ccccc1)Nc1ccccc1. The summed E-state index contributed by atoms with van der Waals surface area (Å²) < 4.78 is 3.20. The summed E-state index contributed by atoms with van der Waals surface area (Å²) in [6.45, 7) is 0. The Morgan fingerprint density at radius 3 is 1.23 bits per heavy atom. The molecule has 6 aromatic rings. The van der Waals surface area contributed by atoms with Crippen molar-refractivity contribution in [1.29, 1.82) is 0 Å². The van der Waals surface area contributed by atoms with Gasteiger partial charge in [-0.15, -0.1) is 20.4 Å². The van der Waals surface area contributed by atoms with Crippen molar-refractivity contribution in [2.45, 2.75) is 22.5 Å². The molecule has 0 unspecified atom stereocenters. The van der Waals surface area contributed by atoms with Crippen LogP contribution in [0.25, 0.3) is 11.4 Å². The Kier molecular flexibility index (Phi) is 10.6. The van der Waals surface area contributed by atoms with E-state index in [4.69, 9.17) is 0 Å². The molecule has 0 bridgehead atoms. The molecule has 0 fully saturated rings. The number of rotatable bonds is 13. The van der Waals surface area contributed by atoms with Gasteiger partial charge in [-0.25, -0.2) is 0 Å². The number of amides is 2. The van der Waals surface area contributed by atoms with Gasteiger partial charge in [0.25, 0.3) is 0 Å². The number of aliphatic hydroxyl groups is 2. The first-order valence-electron chi connectivity index (χ1n) is 14.8. The summed E-state index contributed by atoms with van der Waals surface area (Å²) in [6.07, 6.45) is -3.20. The van der Waals surface area contributed by atoms with Gasteiger partial charge >= 0.3 is 0 Å². The Bertz CT molecular complexity index is 1820. The number of hydrogen-bond donors (Lipinski definition) is 4. The molecule has 242 valence electrons. The largest absolute Gasteiger partial charge is 0.382 e. The number of nitrogens with one attached hydrogen (secondary N) is 2. The Morgan fingerprint density at radius 2 is 0.875 bits per heavy atom. The van der Waals surface area contributed by atoms with Crippen molar-refractivity contribution in [2.24, 2.45) is 0 Å². The van der Waals surface area contributed by atoms with Crippen molar-refractivity contribution in [3.63, 3.8) is 0 Å². The molecule has 14 heteroatoms. The molecule has 0 saturated carbocycles. The fourth-order valence-electron chi connectivity index (χ4n) is 4.75. The third-order valence-corrected chi connectivity index (χ3v) is 8.81. The average Bonchev–Trinajstić information content (AvgIpc) is 3.75. The molecular formula is C34H30N8O4S2. The highest BCUT2D eigenvalue weighted by Gasteiger charge is 2.33. The predicted octanol–water partition coefficient (Wildman–Crippen LogP) is 5.08. The molecule has 48 heavy (non-hydrogen) atoms. The van der Waals surface area contributed by atoms with Crippen LogP contribution in [0.4, 0.5) is 11.4 Å². The maximum Gasteiger partial charge on any atom is 0.234 e. The molecule has 0 aliphatic carbocycles. The minimum Gasteiger partial charge on any atom is -0.382 e. The van der Waals surface area contributed by atoms with Crippen LogP contribution in [0.2, 0.25) is 0 Å². The van der Waals surface area contributed by atoms with Gasteiger partial charge in [0.2, 0.25) is 11.8 Å². The summed E-state index contributed by atoms with van der Waals surface area (Å²) in [5.41, 5.74) is 2.59. The molecule has 2 aromatic heterocycles. The van der Waals surface area contributed by atoms with Gasteiger partial charge in [-0.1, -0.05) is 96.3 Å². The number of aliphatic hydroxyl groups excluding tert-OH is 2. The first-order valence-corrected chi connectivity index (χ1v) is 16.8. The lowest BCUT2D eigenvalue weighted by Gasteiger charge is -2.20. The molecule has 0 aliphatic rings. The standard InChI is InChI=1S/C34H30N8O4S2/c43-27(35-23-13-5-1-6-14-23)21-47-33-39-37-31(41(33)25-17-9-3-10-18-25)29(45)30(46)32-38-40-34(42(32)26-19-11-4-12-20-26)48-22-28(44)36-24-15-7-2-8-16-24/h1-20,29-30,45-46H,21-22H2,(H,35,43)(H,36,44)/t29-,30+. The van der Waals surface area contributed by atoms with Crippen molar-refractivity contribution in [1.82, 2.24) is 29.5 Å². The number of benzene rings is 4. The van der Waals surface area contributed by atoms with E-state index < -0.39 is 12.2 Å². The maximum absolute atomic E-state index is 12.7. The molecule has 0 aliphatic heterocycles. The second-order valence-corrected chi connectivity index (χ2v) is 12.2. The van der Waals surface area contributed by atoms with Crippen LogP contribution in [0.1, 0.15) is 23.9 Å². The van der Waals surface area contributed by atoms with E-state index in [2.05, 4.69) is 31.0 Å². The fourth-order valence-corrected chi connectivity index (χ4v) is 6.27. The highest BCUT2D eigenvalue weighted by molar-refractivity contribution is 8.00. The first-order chi connectivity index (χ1) is 23.5. The lowest BCUT2D eigenvalue weighted by Crippen LogP contribution is -2.20. The Labute approximate surface area is 284 Å². The first kappa shape index (κ1) is 32.7. The van der Waals surface area contributed by atoms with Crippen LogP contribution in [-0.4, -0.2) is 63.1 Å². The molecule has 6 rings (SSSR count). The van der Waals surface area contributed by atoms with E-state index >= 15 is 0 Å². The minimum atomic E-state index is -1.60. The molecule has 0 saturated heterocycles. The quantitative estimate of drug-likeness (QED) is 0.121. The van der Waals surface area contributed by atoms with Crippen LogP contribution in [0.5, 0.6) is 0 Å². The van der Waals surface area contributed by atoms with Gasteiger partial charge in [0.15, 0.2) is 22.0 Å². The van der Waals surface area contributed by atoms with Crippen LogP contribution >= 0.6 is 23.5 Å². The van der Waals surface area contributed by atoms with Crippen molar-refractivity contribution in [3.05, 3.63) is 133 Å². The van der Waals surface area contributed by atoms with Crippen molar-refractivity contribution in [3.8, 4) is 11.4 Å². The normalized spacial score (nSPS) is 12.3. The van der Waals surface area contributed by atoms with Gasteiger partial charge in [0.05, 0.1) is 11.5 Å². The van der Waals surface area contributed by atoms with Gasteiger partial charge in [0, 0.05) is 22.7 Å². The Hall–Kier alpha value is -5.28. The number of hydrogen-bond acceptors (Lipinski definition) is 10. The summed E-state index contributed by atoms with van der Waals surface area (Å²) in [7, 11) is 0. The highest BCUT2D eigenvalue weighted by Crippen LogP contribution is 2.34. The summed E-state index contributed by atoms with van der Waals surface area (Å²) in [4.78, 5) is 25.4. The van der Waals surface area contributed by atoms with E-state index in [0.717, 1.165) is 23.5 Å². The third-order valence-electron chi connectivity index (χ3n) is 6.95. The smallest absolute Gasteiger partial charge is 0.234 e. The molecule has 4 N–H and O–H groups in total. The number of anilines is 2. The lowest BCUT2D eigenvalue weighted by atomic mass is 10.1. The topological polar surface area (TPSA) is 160 Å². The van der Waals surface area contributed by atoms with Gasteiger partial charge < -0.3 is 20.8 Å². The monoisotopic (exact) mass is 678 g/mol. The van der Waals surface area contributed by atoms with Crippen LogP contribution in [-0.2, 0) is 9.59 Å². The molecule has 12 nitrogen and oxygen atoms in total. The summed E-state index contributed by atoms with van der Waals surface area (Å²) in [5.74, 6) is -0.348. The van der Waals surface area contributed by atoms with E-state index in [1.807, 2.05) is 97.1 Å². The molecular weight excluding hydrogens is 649 g/mol. The second kappa shape index (κ2) is 15.5. The summed E-state index contributed by atoms with van der Waals surface area (Å²) in [6, 6.07) is 36.4. The number of carbonyl (C=O) groups excluding carboxylic acids is 2. The highest BCUT2D eigenvalue weighted by atomic mass is 32.2. The summed E-state index contributed by atoms with van der Waals surface area (Å²) in [5, 5.41) is 46.6. The van der Waals surface area contributed by atoms with Crippen molar-refractivity contribution >= 4 is 46.7 Å². The Morgan fingerprint density at radius 1 is 0.542 bits per heavy atom. The molecule has 4 aromatic carbocycles. The van der Waals surface area contributed by atoms with E-state index in [1.54, 1.807) is 33.4 Å². The molecule has 0 radical (unpaired) electrons. The number of carbonyl (C=O) groups is 2. The number of aromatic nitrogens is 6. The van der Waals surface area contributed by atoms with Gasteiger partial charge in [0.1, 0.15) is 12.2 Å². The van der Waals surface area contributed by atoms with Crippen LogP contribution in [0, 0.1) is 0 Å². The third kappa shape index (κ3) is 7.81. The number of thioether (sulfide) groups is 2. The van der Waals surface area contributed by atoms with E-state index in [0.29, 0.717) is 33.1 Å². The molecule has 2 amide bonds. The fraction of sp³-hybridized carbons (Fsp3) is 0.118. The lowest BCUT2D eigenvalue weighted by molar-refractivity contribution is -0.114. The zero-order chi connectivity index (χ0) is 33.3. The second-order valence-electron chi connectivity index (χ2n) is 10.3. The minimum absolute atomic E-state index is 0.0271. The summed E-state index contributed by atoms with van der Waals surface area (Å²) >= 11 is 2.28. The Balaban J connectivity index is 1.26. The van der Waals surface area contributed by atoms with E-state index in [1.165, 1.54) is 0 Å². The maximum atomic E-state index is 12.7. The van der Waals surface area contributed by atoms with Gasteiger partial charge in [-0.3, -0.25) is 18.7 Å². The zero-order valence-electron chi connectivity index (χ0n) is 25.3. The molecule has 2 heterocycles.